The van der Waals surface area contributed by atoms with Crippen LogP contribution in [0.25, 0.3) is 10.9 Å². The highest BCUT2D eigenvalue weighted by Crippen LogP contribution is 2.32. The van der Waals surface area contributed by atoms with Gasteiger partial charge < -0.3 is 20.3 Å². The smallest absolute Gasteiger partial charge is 0.326 e. The molecule has 1 aliphatic heterocycles. The number of carboxylic acid groups (broad SMARTS) is 1. The molecule has 0 radical (unpaired) electrons. The molecule has 3 N–H and O–H groups in total. The standard InChI is InChI=1S/C16H17F2N3O3/c17-16(18)7-13(14(22)23)21(9-16)15(24)19-6-5-10-8-20-12-4-2-1-3-11(10)12/h1-4,8,13,20H,5-7,9H2,(H,19,24)(H,22,23)/t13-/m0/s1. The van der Waals surface area contributed by atoms with E-state index < -0.39 is 36.9 Å². The SMILES string of the molecule is O=C(O)[C@@H]1CC(F)(F)CN1C(=O)NCCc1c[nH]c2ccccc12. The summed E-state index contributed by atoms with van der Waals surface area (Å²) in [4.78, 5) is 26.9. The zero-order valence-electron chi connectivity index (χ0n) is 12.8. The van der Waals surface area contributed by atoms with Crippen LogP contribution < -0.4 is 5.32 Å². The van der Waals surface area contributed by atoms with E-state index in [-0.39, 0.29) is 6.54 Å². The quantitative estimate of drug-likeness (QED) is 0.800. The van der Waals surface area contributed by atoms with Crippen LogP contribution in [0.5, 0.6) is 0 Å². The molecule has 2 heterocycles. The molecule has 0 aliphatic carbocycles. The van der Waals surface area contributed by atoms with E-state index in [1.165, 1.54) is 0 Å². The Balaban J connectivity index is 1.60. The molecule has 1 aromatic heterocycles. The van der Waals surface area contributed by atoms with Crippen LogP contribution in [0.2, 0.25) is 0 Å². The molecule has 2 aromatic rings. The summed E-state index contributed by atoms with van der Waals surface area (Å²) < 4.78 is 26.8. The van der Waals surface area contributed by atoms with Gasteiger partial charge in [-0.05, 0) is 18.1 Å². The first kappa shape index (κ1) is 16.2. The van der Waals surface area contributed by atoms with Gasteiger partial charge in [-0.1, -0.05) is 18.2 Å². The number of nitrogens with one attached hydrogen (secondary N) is 2. The van der Waals surface area contributed by atoms with Crippen molar-refractivity contribution in [1.29, 1.82) is 0 Å². The average Bonchev–Trinajstić information content (AvgIpc) is 3.08. The van der Waals surface area contributed by atoms with Gasteiger partial charge in [0.25, 0.3) is 5.92 Å². The van der Waals surface area contributed by atoms with Crippen LogP contribution in [0, 0.1) is 0 Å². The summed E-state index contributed by atoms with van der Waals surface area (Å²) in [6.45, 7) is -0.641. The zero-order chi connectivity index (χ0) is 17.3. The fourth-order valence-electron chi connectivity index (χ4n) is 3.00. The van der Waals surface area contributed by atoms with Crippen molar-refractivity contribution in [1.82, 2.24) is 15.2 Å². The van der Waals surface area contributed by atoms with Crippen molar-refractivity contribution in [2.75, 3.05) is 13.1 Å². The van der Waals surface area contributed by atoms with Gasteiger partial charge in [-0.3, -0.25) is 0 Å². The summed E-state index contributed by atoms with van der Waals surface area (Å²) in [5.41, 5.74) is 1.97. The molecule has 1 fully saturated rings. The Kier molecular flexibility index (Phi) is 4.13. The van der Waals surface area contributed by atoms with E-state index in [0.717, 1.165) is 16.5 Å². The maximum absolute atomic E-state index is 13.4. The summed E-state index contributed by atoms with van der Waals surface area (Å²) in [5.74, 6) is -4.59. The van der Waals surface area contributed by atoms with Gasteiger partial charge in [0.15, 0.2) is 0 Å². The van der Waals surface area contributed by atoms with E-state index in [4.69, 9.17) is 5.11 Å². The monoisotopic (exact) mass is 337 g/mol. The van der Waals surface area contributed by atoms with Crippen molar-refractivity contribution in [2.24, 2.45) is 0 Å². The molecule has 8 heteroatoms. The van der Waals surface area contributed by atoms with Gasteiger partial charge in [0.05, 0.1) is 6.54 Å². The third-order valence-electron chi connectivity index (χ3n) is 4.16. The number of aromatic amines is 1. The number of carbonyl (C=O) groups excluding carboxylic acids is 1. The second kappa shape index (κ2) is 6.10. The number of para-hydroxylation sites is 1. The molecule has 1 aliphatic rings. The minimum Gasteiger partial charge on any atom is -0.480 e. The summed E-state index contributed by atoms with van der Waals surface area (Å²) >= 11 is 0. The normalized spacial score (nSPS) is 19.6. The van der Waals surface area contributed by atoms with Crippen molar-refractivity contribution < 1.29 is 23.5 Å². The first-order valence-electron chi connectivity index (χ1n) is 7.57. The molecule has 0 saturated carbocycles. The number of hydrogen-bond acceptors (Lipinski definition) is 2. The number of aliphatic carboxylic acids is 1. The summed E-state index contributed by atoms with van der Waals surface area (Å²) in [6, 6.07) is 5.42. The fraction of sp³-hybridized carbons (Fsp3) is 0.375. The molecule has 6 nitrogen and oxygen atoms in total. The van der Waals surface area contributed by atoms with Gasteiger partial charge in [-0.25, -0.2) is 18.4 Å². The predicted octanol–water partition coefficient (Wildman–Crippen LogP) is 2.21. The van der Waals surface area contributed by atoms with Crippen LogP contribution >= 0.6 is 0 Å². The zero-order valence-corrected chi connectivity index (χ0v) is 12.8. The molecule has 128 valence electrons. The van der Waals surface area contributed by atoms with Crippen molar-refractivity contribution in [3.05, 3.63) is 36.0 Å². The lowest BCUT2D eigenvalue weighted by Gasteiger charge is -2.21. The molecule has 0 bridgehead atoms. The van der Waals surface area contributed by atoms with Gasteiger partial charge in [0, 0.05) is 30.1 Å². The van der Waals surface area contributed by atoms with E-state index in [2.05, 4.69) is 10.3 Å². The number of fused-ring (bicyclic) bond motifs is 1. The van der Waals surface area contributed by atoms with E-state index in [0.29, 0.717) is 11.3 Å². The fourth-order valence-corrected chi connectivity index (χ4v) is 3.00. The Morgan fingerprint density at radius 1 is 1.38 bits per heavy atom. The van der Waals surface area contributed by atoms with Crippen LogP contribution in [0.4, 0.5) is 13.6 Å². The second-order valence-corrected chi connectivity index (χ2v) is 5.88. The van der Waals surface area contributed by atoms with Crippen LogP contribution in [0.15, 0.2) is 30.5 Å². The summed E-state index contributed by atoms with van der Waals surface area (Å²) in [6.07, 6.45) is 1.50. The number of nitrogens with zero attached hydrogens (tertiary/aromatic N) is 1. The second-order valence-electron chi connectivity index (χ2n) is 5.88. The van der Waals surface area contributed by atoms with Crippen molar-refractivity contribution in [3.63, 3.8) is 0 Å². The van der Waals surface area contributed by atoms with E-state index in [1.807, 2.05) is 30.5 Å². The molecule has 1 atom stereocenters. The van der Waals surface area contributed by atoms with Crippen LogP contribution in [-0.2, 0) is 11.2 Å². The number of H-pyrrole nitrogens is 1. The molecule has 24 heavy (non-hydrogen) atoms. The Bertz CT molecular complexity index is 775. The largest absolute Gasteiger partial charge is 0.480 e. The maximum atomic E-state index is 13.4. The first-order chi connectivity index (χ1) is 11.4. The highest BCUT2D eigenvalue weighted by Gasteiger charge is 2.50. The number of benzene rings is 1. The van der Waals surface area contributed by atoms with Gasteiger partial charge in [0.1, 0.15) is 6.04 Å². The highest BCUT2D eigenvalue weighted by molar-refractivity contribution is 5.84. The number of hydrogen-bond donors (Lipinski definition) is 3. The summed E-state index contributed by atoms with van der Waals surface area (Å²) in [7, 11) is 0. The molecule has 2 amide bonds. The molecule has 1 saturated heterocycles. The lowest BCUT2D eigenvalue weighted by atomic mass is 10.1. The van der Waals surface area contributed by atoms with Crippen LogP contribution in [-0.4, -0.2) is 52.0 Å². The number of rotatable bonds is 4. The Morgan fingerprint density at radius 2 is 2.12 bits per heavy atom. The highest BCUT2D eigenvalue weighted by atomic mass is 19.3. The molecule has 3 rings (SSSR count). The number of amides is 2. The topological polar surface area (TPSA) is 85.4 Å². The molecular formula is C16H17F2N3O3. The number of carbonyl (C=O) groups is 2. The molecule has 0 unspecified atom stereocenters. The lowest BCUT2D eigenvalue weighted by molar-refractivity contribution is -0.141. The molecule has 0 spiro atoms. The van der Waals surface area contributed by atoms with Gasteiger partial charge >= 0.3 is 12.0 Å². The maximum Gasteiger partial charge on any atom is 0.326 e. The number of carboxylic acids is 1. The third-order valence-corrected chi connectivity index (χ3v) is 4.16. The van der Waals surface area contributed by atoms with Gasteiger partial charge in [-0.2, -0.15) is 0 Å². The first-order valence-corrected chi connectivity index (χ1v) is 7.57. The predicted molar refractivity (Wildman–Crippen MR) is 83.1 cm³/mol. The lowest BCUT2D eigenvalue weighted by Crippen LogP contribution is -2.46. The third kappa shape index (κ3) is 3.17. The van der Waals surface area contributed by atoms with E-state index >= 15 is 0 Å². The van der Waals surface area contributed by atoms with E-state index in [1.54, 1.807) is 0 Å². The number of halogens is 2. The minimum absolute atomic E-state index is 0.231. The van der Waals surface area contributed by atoms with Crippen LogP contribution in [0.1, 0.15) is 12.0 Å². The van der Waals surface area contributed by atoms with Crippen molar-refractivity contribution >= 4 is 22.9 Å². The number of aromatic nitrogens is 1. The van der Waals surface area contributed by atoms with Gasteiger partial charge in [0.2, 0.25) is 0 Å². The number of likely N-dealkylation sites (tertiary alicyclic amines) is 1. The number of alkyl halides is 2. The molecular weight excluding hydrogens is 320 g/mol. The summed E-state index contributed by atoms with van der Waals surface area (Å²) in [5, 5.41) is 12.6. The molecule has 1 aromatic carbocycles. The van der Waals surface area contributed by atoms with E-state index in [9.17, 15) is 18.4 Å². The van der Waals surface area contributed by atoms with Gasteiger partial charge in [-0.15, -0.1) is 0 Å². The number of urea groups is 1. The minimum atomic E-state index is -3.17. The van der Waals surface area contributed by atoms with Crippen molar-refractivity contribution in [2.45, 2.75) is 24.8 Å². The Labute approximate surface area is 136 Å². The van der Waals surface area contributed by atoms with Crippen LogP contribution in [0.3, 0.4) is 0 Å². The van der Waals surface area contributed by atoms with Crippen molar-refractivity contribution in [3.8, 4) is 0 Å². The Hall–Kier alpha value is -2.64. The average molecular weight is 337 g/mol. The Morgan fingerprint density at radius 3 is 2.88 bits per heavy atom.